The first-order valence-electron chi connectivity index (χ1n) is 14.8. The topological polar surface area (TPSA) is 74.1 Å². The normalized spacial score (nSPS) is 17.1. The number of hydrogen-bond donors (Lipinski definition) is 0. The van der Waals surface area contributed by atoms with Crippen LogP contribution in [0.2, 0.25) is 0 Å². The van der Waals surface area contributed by atoms with E-state index in [0.29, 0.717) is 41.2 Å². The number of pyridine rings is 1. The Labute approximate surface area is 279 Å². The van der Waals surface area contributed by atoms with E-state index in [0.717, 1.165) is 42.5 Å². The highest BCUT2D eigenvalue weighted by atomic mass is 32.2. The van der Waals surface area contributed by atoms with Crippen molar-refractivity contribution in [2.75, 3.05) is 0 Å². The third-order valence-electron chi connectivity index (χ3n) is 8.80. The number of nitrogens with zero attached hydrogens (tertiary/aromatic N) is 3. The SMILES string of the molecule is O=S(=O)(c1ccc(F)cc1)C1(c2ccc(C(OCc3c(F)cccc3F)(C(F)(F)F)C(F)(F)F)cc2)CCc2nn(-c3ccncc3)cc2C1. The zero-order valence-corrected chi connectivity index (χ0v) is 26.3. The molecule has 1 atom stereocenters. The van der Waals surface area contributed by atoms with Crippen molar-refractivity contribution in [1.29, 1.82) is 0 Å². The molecular weight excluding hydrogens is 701 g/mol. The highest BCUT2D eigenvalue weighted by Crippen LogP contribution is 2.54. The van der Waals surface area contributed by atoms with Gasteiger partial charge in [0.15, 0.2) is 9.84 Å². The standard InChI is InChI=1S/C34H24F9N3O3S/c35-24-8-10-26(11-9-24)50(47,48)31(15-12-30-21(18-31)19-46(45-30)25-13-16-44-17-14-25)22-4-6-23(7-5-22)32(33(38,39)40,34(41,42)43)49-20-27-28(36)2-1-3-29(27)37/h1-11,13-14,16-17,19H,12,15,18,20H2. The van der Waals surface area contributed by atoms with Gasteiger partial charge in [0.05, 0.1) is 22.9 Å². The fourth-order valence-corrected chi connectivity index (χ4v) is 8.32. The molecule has 1 aliphatic carbocycles. The Hall–Kier alpha value is -4.70. The Kier molecular flexibility index (Phi) is 8.83. The van der Waals surface area contributed by atoms with Gasteiger partial charge in [-0.1, -0.05) is 30.3 Å². The molecule has 262 valence electrons. The largest absolute Gasteiger partial charge is 0.430 e. The van der Waals surface area contributed by atoms with E-state index in [4.69, 9.17) is 0 Å². The van der Waals surface area contributed by atoms with E-state index < -0.39 is 67.7 Å². The van der Waals surface area contributed by atoms with Gasteiger partial charge in [0, 0.05) is 29.7 Å². The summed E-state index contributed by atoms with van der Waals surface area (Å²) in [4.78, 5) is 3.62. The molecule has 0 saturated carbocycles. The Morgan fingerprint density at radius 2 is 1.40 bits per heavy atom. The number of rotatable bonds is 8. The molecule has 0 amide bonds. The smallest absolute Gasteiger partial charge is 0.349 e. The fourth-order valence-electron chi connectivity index (χ4n) is 6.21. The molecule has 0 N–H and O–H groups in total. The van der Waals surface area contributed by atoms with Gasteiger partial charge in [0.2, 0.25) is 0 Å². The Morgan fingerprint density at radius 1 is 0.800 bits per heavy atom. The van der Waals surface area contributed by atoms with E-state index in [1.54, 1.807) is 18.3 Å². The molecule has 1 aliphatic rings. The second kappa shape index (κ2) is 12.6. The van der Waals surface area contributed by atoms with Gasteiger partial charge < -0.3 is 4.74 Å². The summed E-state index contributed by atoms with van der Waals surface area (Å²) in [6.45, 7) is -1.74. The lowest BCUT2D eigenvalue weighted by Crippen LogP contribution is -2.56. The van der Waals surface area contributed by atoms with E-state index in [2.05, 4.69) is 14.8 Å². The number of fused-ring (bicyclic) bond motifs is 1. The molecule has 0 radical (unpaired) electrons. The predicted octanol–water partition coefficient (Wildman–Crippen LogP) is 8.08. The number of benzene rings is 3. The summed E-state index contributed by atoms with van der Waals surface area (Å²) in [5, 5.41) is 4.53. The van der Waals surface area contributed by atoms with E-state index in [-0.39, 0.29) is 29.7 Å². The van der Waals surface area contributed by atoms with Crippen LogP contribution in [-0.2, 0) is 44.4 Å². The van der Waals surface area contributed by atoms with Gasteiger partial charge in [0.1, 0.15) is 22.2 Å². The lowest BCUT2D eigenvalue weighted by Gasteiger charge is -2.39. The third kappa shape index (κ3) is 5.83. The zero-order valence-electron chi connectivity index (χ0n) is 25.4. The Morgan fingerprint density at radius 3 is 1.98 bits per heavy atom. The van der Waals surface area contributed by atoms with Crippen molar-refractivity contribution in [3.63, 3.8) is 0 Å². The number of ether oxygens (including phenoxy) is 1. The Balaban J connectivity index is 1.48. The molecule has 0 fully saturated rings. The van der Waals surface area contributed by atoms with Crippen LogP contribution in [0.4, 0.5) is 39.5 Å². The fraction of sp³-hybridized carbons (Fsp3) is 0.235. The lowest BCUT2D eigenvalue weighted by molar-refractivity contribution is -0.392. The highest BCUT2D eigenvalue weighted by Gasteiger charge is 2.73. The maximum absolute atomic E-state index is 14.6. The second-order valence-electron chi connectivity index (χ2n) is 11.6. The molecule has 0 bridgehead atoms. The van der Waals surface area contributed by atoms with Gasteiger partial charge in [-0.05, 0) is 78.9 Å². The van der Waals surface area contributed by atoms with Gasteiger partial charge in [-0.2, -0.15) is 31.4 Å². The molecule has 6 rings (SSSR count). The maximum atomic E-state index is 14.6. The quantitative estimate of drug-likeness (QED) is 0.120. The van der Waals surface area contributed by atoms with Crippen LogP contribution in [0.25, 0.3) is 5.69 Å². The van der Waals surface area contributed by atoms with Gasteiger partial charge >= 0.3 is 12.4 Å². The zero-order chi connectivity index (χ0) is 36.1. The molecule has 3 aromatic carbocycles. The van der Waals surface area contributed by atoms with E-state index in [9.17, 15) is 47.9 Å². The number of aromatic nitrogens is 3. The average Bonchev–Trinajstić information content (AvgIpc) is 3.49. The van der Waals surface area contributed by atoms with Gasteiger partial charge in [-0.3, -0.25) is 4.98 Å². The summed E-state index contributed by atoms with van der Waals surface area (Å²) >= 11 is 0. The van der Waals surface area contributed by atoms with Crippen molar-refractivity contribution in [2.24, 2.45) is 0 Å². The summed E-state index contributed by atoms with van der Waals surface area (Å²) in [7, 11) is -4.53. The molecule has 5 aromatic rings. The molecule has 0 aliphatic heterocycles. The van der Waals surface area contributed by atoms with Gasteiger partial charge in [-0.15, -0.1) is 0 Å². The number of alkyl halides is 6. The average molecular weight is 726 g/mol. The van der Waals surface area contributed by atoms with Crippen molar-refractivity contribution in [2.45, 2.75) is 53.5 Å². The lowest BCUT2D eigenvalue weighted by atomic mass is 9.81. The van der Waals surface area contributed by atoms with Crippen molar-refractivity contribution in [3.8, 4) is 5.69 Å². The second-order valence-corrected chi connectivity index (χ2v) is 13.9. The van der Waals surface area contributed by atoms with Crippen LogP contribution in [0.15, 0.2) is 102 Å². The summed E-state index contributed by atoms with van der Waals surface area (Å²) in [6.07, 6.45) is -8.25. The van der Waals surface area contributed by atoms with E-state index in [1.165, 1.54) is 17.1 Å². The molecule has 50 heavy (non-hydrogen) atoms. The third-order valence-corrected chi connectivity index (χ3v) is 11.3. The van der Waals surface area contributed by atoms with Gasteiger partial charge in [0.25, 0.3) is 5.60 Å². The summed E-state index contributed by atoms with van der Waals surface area (Å²) in [5.74, 6) is -3.58. The number of aryl methyl sites for hydroxylation is 1. The number of hydrogen-bond acceptors (Lipinski definition) is 5. The van der Waals surface area contributed by atoms with E-state index >= 15 is 0 Å². The minimum Gasteiger partial charge on any atom is -0.349 e. The molecule has 0 spiro atoms. The molecule has 16 heteroatoms. The van der Waals surface area contributed by atoms with Crippen molar-refractivity contribution >= 4 is 9.84 Å². The molecule has 2 heterocycles. The van der Waals surface area contributed by atoms with Gasteiger partial charge in [-0.25, -0.2) is 26.3 Å². The van der Waals surface area contributed by atoms with Crippen molar-refractivity contribution in [1.82, 2.24) is 14.8 Å². The van der Waals surface area contributed by atoms with Crippen molar-refractivity contribution < 1.29 is 52.7 Å². The first-order chi connectivity index (χ1) is 23.5. The van der Waals surface area contributed by atoms with Crippen LogP contribution in [0.5, 0.6) is 0 Å². The van der Waals surface area contributed by atoms with Crippen molar-refractivity contribution in [3.05, 3.63) is 143 Å². The van der Waals surface area contributed by atoms with E-state index in [1.807, 2.05) is 0 Å². The minimum atomic E-state index is -6.20. The predicted molar refractivity (Wildman–Crippen MR) is 160 cm³/mol. The van der Waals surface area contributed by atoms with Crippen LogP contribution in [-0.4, -0.2) is 35.5 Å². The minimum absolute atomic E-state index is 0.0436. The molecule has 2 aromatic heterocycles. The van der Waals surface area contributed by atoms with Crippen LogP contribution in [0, 0.1) is 17.5 Å². The Bertz CT molecular complexity index is 2080. The number of halogens is 9. The molecule has 0 saturated heterocycles. The molecule has 6 nitrogen and oxygen atoms in total. The first-order valence-corrected chi connectivity index (χ1v) is 16.3. The monoisotopic (exact) mass is 725 g/mol. The summed E-state index contributed by atoms with van der Waals surface area (Å²) in [5.41, 5.74) is -6.33. The summed E-state index contributed by atoms with van der Waals surface area (Å²) < 4.78 is 163. The first kappa shape index (κ1) is 35.1. The molecule has 1 unspecified atom stereocenters. The van der Waals surface area contributed by atoms with Crippen LogP contribution >= 0.6 is 0 Å². The highest BCUT2D eigenvalue weighted by molar-refractivity contribution is 7.92. The summed E-state index contributed by atoms with van der Waals surface area (Å²) in [6, 6.07) is 11.9. The maximum Gasteiger partial charge on any atom is 0.430 e. The van der Waals surface area contributed by atoms with Crippen LogP contribution < -0.4 is 0 Å². The van der Waals surface area contributed by atoms with Crippen LogP contribution in [0.1, 0.15) is 34.4 Å². The number of sulfone groups is 1. The van der Waals surface area contributed by atoms with Crippen LogP contribution in [0.3, 0.4) is 0 Å². The molecular formula is C34H24F9N3O3S.